The number of ether oxygens (including phenoxy) is 2. The van der Waals surface area contributed by atoms with Crippen LogP contribution < -0.4 is 26.6 Å². The Balaban J connectivity index is 0.000000255. The van der Waals surface area contributed by atoms with E-state index in [1.54, 1.807) is 7.05 Å². The molecule has 5 fully saturated rings. The average molecular weight is 827 g/mol. The molecule has 0 radical (unpaired) electrons. The minimum Gasteiger partial charge on any atom is -0.381 e. The molecule has 17 nitrogen and oxygen atoms in total. The summed E-state index contributed by atoms with van der Waals surface area (Å²) in [7, 11) is 1.60. The summed E-state index contributed by atoms with van der Waals surface area (Å²) in [6, 6.07) is 0.835. The number of imide groups is 1. The van der Waals surface area contributed by atoms with Crippen LogP contribution in [-0.2, 0) is 43.1 Å². The van der Waals surface area contributed by atoms with E-state index in [2.05, 4.69) is 26.6 Å². The summed E-state index contributed by atoms with van der Waals surface area (Å²) in [6.07, 6.45) is 9.63. The maximum atomic E-state index is 12.0. The molecule has 0 aliphatic carbocycles. The van der Waals surface area contributed by atoms with Gasteiger partial charge in [0.05, 0.1) is 43.8 Å². The maximum absolute atomic E-state index is 12.0. The Hall–Kier alpha value is -3.42. The van der Waals surface area contributed by atoms with E-state index in [1.807, 2.05) is 23.5 Å². The number of rotatable bonds is 25. The Morgan fingerprint density at radius 1 is 0.625 bits per heavy atom. The number of hydroxylamine groups is 2. The fourth-order valence-corrected chi connectivity index (χ4v) is 10.2. The van der Waals surface area contributed by atoms with Crippen LogP contribution in [0.5, 0.6) is 0 Å². The number of amides is 7. The summed E-state index contributed by atoms with van der Waals surface area (Å²) in [5, 5.41) is 15.8. The molecule has 5 heterocycles. The molecule has 0 aromatic rings. The zero-order chi connectivity index (χ0) is 40.3. The van der Waals surface area contributed by atoms with Crippen LogP contribution in [0.25, 0.3) is 0 Å². The summed E-state index contributed by atoms with van der Waals surface area (Å²) < 4.78 is 10.7. The van der Waals surface area contributed by atoms with E-state index in [-0.39, 0.29) is 79.6 Å². The van der Waals surface area contributed by atoms with Gasteiger partial charge in [0.1, 0.15) is 11.6 Å². The van der Waals surface area contributed by atoms with E-state index < -0.39 is 17.8 Å². The number of fused-ring (bicyclic) bond motifs is 2. The number of nitrogens with one attached hydrogen (secondary N) is 5. The molecule has 0 bridgehead atoms. The second kappa shape index (κ2) is 24.4. The van der Waals surface area contributed by atoms with Gasteiger partial charge in [0.2, 0.25) is 5.91 Å². The zero-order valence-electron chi connectivity index (χ0n) is 32.3. The van der Waals surface area contributed by atoms with Gasteiger partial charge < -0.3 is 40.9 Å². The molecule has 5 rings (SSSR count). The Bertz CT molecular complexity index is 1370. The van der Waals surface area contributed by atoms with E-state index >= 15 is 0 Å². The van der Waals surface area contributed by atoms with Crippen LogP contribution in [0, 0.1) is 0 Å². The Labute approximate surface area is 336 Å². The quantitative estimate of drug-likeness (QED) is 0.0507. The molecule has 5 N–H and O–H groups in total. The Morgan fingerprint density at radius 3 is 1.57 bits per heavy atom. The molecule has 314 valence electrons. The van der Waals surface area contributed by atoms with Gasteiger partial charge >= 0.3 is 18.0 Å². The summed E-state index contributed by atoms with van der Waals surface area (Å²) in [5.74, 6) is 0.656. The van der Waals surface area contributed by atoms with Crippen molar-refractivity contribution in [1.82, 2.24) is 31.6 Å². The molecule has 0 spiro atoms. The topological polar surface area (TPSA) is 228 Å². The van der Waals surface area contributed by atoms with E-state index in [0.29, 0.717) is 80.3 Å². The van der Waals surface area contributed by atoms with Crippen molar-refractivity contribution >= 4 is 70.8 Å². The van der Waals surface area contributed by atoms with Crippen molar-refractivity contribution < 1.29 is 52.7 Å². The van der Waals surface area contributed by atoms with Crippen molar-refractivity contribution in [3.8, 4) is 0 Å². The third kappa shape index (κ3) is 15.5. The molecule has 5 saturated heterocycles. The molecule has 6 unspecified atom stereocenters. The fourth-order valence-electron chi connectivity index (χ4n) is 7.07. The Morgan fingerprint density at radius 2 is 1.09 bits per heavy atom. The summed E-state index contributed by atoms with van der Waals surface area (Å²) in [6.45, 7) is 1.39. The molecule has 7 amide bonds. The van der Waals surface area contributed by atoms with Crippen molar-refractivity contribution in [3.63, 3.8) is 0 Å². The number of hydrogen-bond donors (Lipinski definition) is 5. The van der Waals surface area contributed by atoms with Gasteiger partial charge in [0.25, 0.3) is 11.8 Å². The number of carbonyl (C=O) groups excluding carboxylic acids is 8. The number of urea groups is 2. The lowest BCUT2D eigenvalue weighted by Gasteiger charge is -2.16. The minimum absolute atomic E-state index is 0.0317. The number of unbranched alkanes of at least 4 members (excludes halogenated alkanes) is 2. The highest BCUT2D eigenvalue weighted by atomic mass is 32.2. The second-order valence-corrected chi connectivity index (χ2v) is 17.0. The molecule has 19 heteroatoms. The number of thioether (sulfide) groups is 2. The van der Waals surface area contributed by atoms with Gasteiger partial charge in [0, 0.05) is 87.2 Å². The van der Waals surface area contributed by atoms with Crippen LogP contribution in [0.1, 0.15) is 103 Å². The largest absolute Gasteiger partial charge is 0.381 e. The molecule has 0 aromatic heterocycles. The number of carbonyl (C=O) groups is 8. The monoisotopic (exact) mass is 826 g/mol. The summed E-state index contributed by atoms with van der Waals surface area (Å²) in [4.78, 5) is 96.6. The van der Waals surface area contributed by atoms with E-state index in [0.717, 1.165) is 50.0 Å². The molecule has 5 aliphatic heterocycles. The predicted octanol–water partition coefficient (Wildman–Crippen LogP) is 2.29. The standard InChI is InChI=1S/C20H29N3O7S.C17H29N3O4S/c24-13(4-1-2-6-15-19-14(12-31-15)21-20(28)22-19)5-3-10-29-11-9-18(27)30-23-16(25)7-8-17(23)26;1-18-15(22)8-10-24-9-4-6-12(21)5-2-3-7-14-16-13(11-25-14)19-17(23)20-16/h14-15,19H,1-12H2,(H2,21,22,28);13-14,16H,2-11H2,1H3,(H,18,22)(H2,19,20,23). The van der Waals surface area contributed by atoms with Crippen molar-refractivity contribution in [2.75, 3.05) is 45.0 Å². The highest BCUT2D eigenvalue weighted by Crippen LogP contribution is 2.34. The smallest absolute Gasteiger partial charge is 0.335 e. The fraction of sp³-hybridized carbons (Fsp3) is 0.784. The van der Waals surface area contributed by atoms with Crippen molar-refractivity contribution in [3.05, 3.63) is 0 Å². The molecule has 0 saturated carbocycles. The van der Waals surface area contributed by atoms with Gasteiger partial charge in [-0.3, -0.25) is 24.0 Å². The second-order valence-electron chi connectivity index (χ2n) is 14.5. The van der Waals surface area contributed by atoms with Crippen molar-refractivity contribution in [2.24, 2.45) is 0 Å². The third-order valence-corrected chi connectivity index (χ3v) is 13.2. The first kappa shape index (κ1) is 45.3. The lowest BCUT2D eigenvalue weighted by atomic mass is 10.0. The number of nitrogens with zero attached hydrogens (tertiary/aromatic N) is 1. The van der Waals surface area contributed by atoms with Gasteiger partial charge in [-0.15, -0.1) is 5.06 Å². The number of ketones is 2. The first-order valence-electron chi connectivity index (χ1n) is 19.9. The van der Waals surface area contributed by atoms with Gasteiger partial charge in [-0.2, -0.15) is 23.5 Å². The lowest BCUT2D eigenvalue weighted by Crippen LogP contribution is -2.36. The van der Waals surface area contributed by atoms with E-state index in [4.69, 9.17) is 14.3 Å². The van der Waals surface area contributed by atoms with Crippen LogP contribution >= 0.6 is 23.5 Å². The molecule has 6 atom stereocenters. The van der Waals surface area contributed by atoms with Crippen LogP contribution in [0.15, 0.2) is 0 Å². The third-order valence-electron chi connectivity index (χ3n) is 10.2. The van der Waals surface area contributed by atoms with E-state index in [1.165, 1.54) is 0 Å². The minimum atomic E-state index is -0.695. The van der Waals surface area contributed by atoms with E-state index in [9.17, 15) is 38.4 Å². The molecular formula is C37H58N6O11S2. The first-order chi connectivity index (χ1) is 27.0. The van der Waals surface area contributed by atoms with Crippen LogP contribution in [0.4, 0.5) is 9.59 Å². The highest BCUT2D eigenvalue weighted by molar-refractivity contribution is 8.00. The molecule has 5 aliphatic rings. The number of hydrogen-bond acceptors (Lipinski definition) is 13. The molecule has 0 aromatic carbocycles. The van der Waals surface area contributed by atoms with Gasteiger partial charge in [-0.1, -0.05) is 12.8 Å². The van der Waals surface area contributed by atoms with Crippen LogP contribution in [-0.4, -0.2) is 132 Å². The highest BCUT2D eigenvalue weighted by Gasteiger charge is 2.43. The van der Waals surface area contributed by atoms with Crippen molar-refractivity contribution in [1.29, 1.82) is 0 Å². The van der Waals surface area contributed by atoms with Crippen LogP contribution in [0.3, 0.4) is 0 Å². The lowest BCUT2D eigenvalue weighted by molar-refractivity contribution is -0.198. The van der Waals surface area contributed by atoms with Gasteiger partial charge in [-0.05, 0) is 38.5 Å². The zero-order valence-corrected chi connectivity index (χ0v) is 33.9. The van der Waals surface area contributed by atoms with Crippen LogP contribution in [0.2, 0.25) is 0 Å². The SMILES string of the molecule is CNC(=O)CCOCCCC(=O)CCCCC1SCC2NC(=O)NC21.O=C(CCCCC1SCC2NC(=O)NC21)CCCOCCC(=O)ON1C(=O)CCC1=O. The average Bonchev–Trinajstić information content (AvgIpc) is 3.99. The van der Waals surface area contributed by atoms with Gasteiger partial charge in [0.15, 0.2) is 0 Å². The first-order valence-corrected chi connectivity index (χ1v) is 22.0. The predicted molar refractivity (Wildman–Crippen MR) is 209 cm³/mol. The summed E-state index contributed by atoms with van der Waals surface area (Å²) in [5.41, 5.74) is 0. The normalized spacial score (nSPS) is 24.7. The Kier molecular flexibility index (Phi) is 19.7. The number of Topliss-reactive ketones (excluding diaryl/α,β-unsaturated/α-hetero) is 2. The van der Waals surface area contributed by atoms with Crippen molar-refractivity contribution in [2.45, 2.75) is 137 Å². The van der Waals surface area contributed by atoms with Gasteiger partial charge in [-0.25, -0.2) is 14.4 Å². The summed E-state index contributed by atoms with van der Waals surface area (Å²) >= 11 is 3.79. The molecule has 56 heavy (non-hydrogen) atoms. The molecular weight excluding hydrogens is 769 g/mol. The maximum Gasteiger partial charge on any atom is 0.335 e.